The lowest BCUT2D eigenvalue weighted by Crippen LogP contribution is -2.39. The number of rotatable bonds is 8. The number of ether oxygens (including phenoxy) is 1. The van der Waals surface area contributed by atoms with Gasteiger partial charge in [-0.25, -0.2) is 13.8 Å². The third-order valence-corrected chi connectivity index (χ3v) is 4.13. The Morgan fingerprint density at radius 2 is 2.12 bits per heavy atom. The van der Waals surface area contributed by atoms with Crippen molar-refractivity contribution >= 4 is 41.3 Å². The maximum atomic E-state index is 13.5. The van der Waals surface area contributed by atoms with Gasteiger partial charge in [0.05, 0.1) is 11.6 Å². The quantitative estimate of drug-likeness (QED) is 0.254. The summed E-state index contributed by atoms with van der Waals surface area (Å²) in [5.41, 5.74) is 0. The lowest BCUT2D eigenvalue weighted by Gasteiger charge is -2.12. The highest BCUT2D eigenvalue weighted by Crippen LogP contribution is 2.17. The Hall–Kier alpha value is -1.49. The normalized spacial score (nSPS) is 11.0. The van der Waals surface area contributed by atoms with Crippen LogP contribution in [-0.4, -0.2) is 37.2 Å². The third kappa shape index (κ3) is 7.81. The fourth-order valence-corrected chi connectivity index (χ4v) is 2.82. The van der Waals surface area contributed by atoms with Crippen LogP contribution in [0.5, 0.6) is 5.75 Å². The minimum atomic E-state index is -0.709. The van der Waals surface area contributed by atoms with Gasteiger partial charge in [-0.15, -0.1) is 35.3 Å². The molecule has 2 rings (SSSR count). The van der Waals surface area contributed by atoms with Gasteiger partial charge in [0, 0.05) is 36.7 Å². The molecular formula is C17H23F2IN4OS. The molecular weight excluding hydrogens is 473 g/mol. The highest BCUT2D eigenvalue weighted by Gasteiger charge is 2.05. The van der Waals surface area contributed by atoms with Gasteiger partial charge in [-0.3, -0.25) is 4.99 Å². The van der Waals surface area contributed by atoms with Gasteiger partial charge >= 0.3 is 0 Å². The van der Waals surface area contributed by atoms with Gasteiger partial charge in [0.15, 0.2) is 17.5 Å². The molecule has 0 aliphatic carbocycles. The van der Waals surface area contributed by atoms with E-state index in [1.807, 2.05) is 20.0 Å². The van der Waals surface area contributed by atoms with E-state index in [1.54, 1.807) is 11.3 Å². The molecule has 1 aromatic heterocycles. The molecule has 9 heteroatoms. The summed E-state index contributed by atoms with van der Waals surface area (Å²) < 4.78 is 31.6. The van der Waals surface area contributed by atoms with E-state index in [9.17, 15) is 8.78 Å². The molecule has 0 aliphatic heterocycles. The number of hydrogen-bond acceptors (Lipinski definition) is 4. The van der Waals surface area contributed by atoms with Gasteiger partial charge in [-0.05, 0) is 26.0 Å². The number of aliphatic imine (C=N–C) groups is 1. The van der Waals surface area contributed by atoms with Gasteiger partial charge in [-0.2, -0.15) is 0 Å². The monoisotopic (exact) mass is 496 g/mol. The SMILES string of the molecule is CCNC(=NCCc1ncc(C)s1)NCCOc1ccc(F)cc1F.I. The highest BCUT2D eigenvalue weighted by molar-refractivity contribution is 14.0. The lowest BCUT2D eigenvalue weighted by molar-refractivity contribution is 0.304. The third-order valence-electron chi connectivity index (χ3n) is 3.15. The van der Waals surface area contributed by atoms with E-state index in [0.29, 0.717) is 19.0 Å². The predicted molar refractivity (Wildman–Crippen MR) is 112 cm³/mol. The molecule has 0 radical (unpaired) electrons. The van der Waals surface area contributed by atoms with E-state index >= 15 is 0 Å². The van der Waals surface area contributed by atoms with Crippen LogP contribution in [0.3, 0.4) is 0 Å². The van der Waals surface area contributed by atoms with Crippen LogP contribution in [0.4, 0.5) is 8.78 Å². The molecule has 0 bridgehead atoms. The molecule has 0 spiro atoms. The molecule has 144 valence electrons. The fraction of sp³-hybridized carbons (Fsp3) is 0.412. The molecule has 26 heavy (non-hydrogen) atoms. The molecule has 2 N–H and O–H groups in total. The van der Waals surface area contributed by atoms with Crippen molar-refractivity contribution < 1.29 is 13.5 Å². The van der Waals surface area contributed by atoms with Crippen LogP contribution in [0.15, 0.2) is 29.4 Å². The fourth-order valence-electron chi connectivity index (χ4n) is 2.04. The van der Waals surface area contributed by atoms with Crippen molar-refractivity contribution in [1.29, 1.82) is 0 Å². The van der Waals surface area contributed by atoms with E-state index in [1.165, 1.54) is 10.9 Å². The molecule has 2 aromatic rings. The average Bonchev–Trinajstić information content (AvgIpc) is 2.98. The van der Waals surface area contributed by atoms with Crippen molar-refractivity contribution in [3.05, 3.63) is 45.9 Å². The summed E-state index contributed by atoms with van der Waals surface area (Å²) in [5, 5.41) is 7.31. The van der Waals surface area contributed by atoms with Crippen molar-refractivity contribution in [3.63, 3.8) is 0 Å². The zero-order chi connectivity index (χ0) is 18.1. The number of aromatic nitrogens is 1. The Morgan fingerprint density at radius 1 is 1.31 bits per heavy atom. The second kappa shape index (κ2) is 12.0. The Kier molecular flexibility index (Phi) is 10.4. The summed E-state index contributed by atoms with van der Waals surface area (Å²) in [6, 6.07) is 3.24. The summed E-state index contributed by atoms with van der Waals surface area (Å²) in [7, 11) is 0. The minimum Gasteiger partial charge on any atom is -0.489 e. The lowest BCUT2D eigenvalue weighted by atomic mass is 10.3. The number of thiazole rings is 1. The molecule has 0 fully saturated rings. The van der Waals surface area contributed by atoms with E-state index in [4.69, 9.17) is 4.74 Å². The number of nitrogens with zero attached hydrogens (tertiary/aromatic N) is 2. The maximum absolute atomic E-state index is 13.5. The van der Waals surface area contributed by atoms with Crippen LogP contribution < -0.4 is 15.4 Å². The first-order chi connectivity index (χ1) is 12.1. The molecule has 1 aromatic carbocycles. The molecule has 0 atom stereocenters. The van der Waals surface area contributed by atoms with Crippen LogP contribution in [0.2, 0.25) is 0 Å². The van der Waals surface area contributed by atoms with Crippen molar-refractivity contribution in [3.8, 4) is 5.75 Å². The number of nitrogens with one attached hydrogen (secondary N) is 2. The highest BCUT2D eigenvalue weighted by atomic mass is 127. The van der Waals surface area contributed by atoms with Crippen LogP contribution in [-0.2, 0) is 6.42 Å². The summed E-state index contributed by atoms with van der Waals surface area (Å²) in [5.74, 6) is -0.637. The Bertz CT molecular complexity index is 712. The number of halogens is 3. The van der Waals surface area contributed by atoms with Crippen molar-refractivity contribution in [2.45, 2.75) is 20.3 Å². The summed E-state index contributed by atoms with van der Waals surface area (Å²) in [4.78, 5) is 9.97. The minimum absolute atomic E-state index is 0. The summed E-state index contributed by atoms with van der Waals surface area (Å²) in [6.07, 6.45) is 2.64. The maximum Gasteiger partial charge on any atom is 0.191 e. The summed E-state index contributed by atoms with van der Waals surface area (Å²) in [6.45, 7) is 6.04. The van der Waals surface area contributed by atoms with Crippen LogP contribution in [0.25, 0.3) is 0 Å². The van der Waals surface area contributed by atoms with Crippen molar-refractivity contribution in [2.75, 3.05) is 26.2 Å². The smallest absolute Gasteiger partial charge is 0.191 e. The van der Waals surface area contributed by atoms with E-state index in [-0.39, 0.29) is 36.3 Å². The van der Waals surface area contributed by atoms with Crippen LogP contribution >= 0.6 is 35.3 Å². The number of aryl methyl sites for hydroxylation is 1. The van der Waals surface area contributed by atoms with Gasteiger partial charge in [0.1, 0.15) is 12.4 Å². The molecule has 0 saturated carbocycles. The van der Waals surface area contributed by atoms with Gasteiger partial charge < -0.3 is 15.4 Å². The Balaban J connectivity index is 0.00000338. The van der Waals surface area contributed by atoms with E-state index < -0.39 is 11.6 Å². The largest absolute Gasteiger partial charge is 0.489 e. The molecule has 0 aliphatic rings. The molecule has 0 unspecified atom stereocenters. The first-order valence-corrected chi connectivity index (χ1v) is 8.91. The molecule has 0 amide bonds. The van der Waals surface area contributed by atoms with Crippen molar-refractivity contribution in [2.24, 2.45) is 4.99 Å². The number of guanidine groups is 1. The summed E-state index contributed by atoms with van der Waals surface area (Å²) >= 11 is 1.67. The zero-order valence-corrected chi connectivity index (χ0v) is 17.9. The van der Waals surface area contributed by atoms with Gasteiger partial charge in [-0.1, -0.05) is 0 Å². The number of benzene rings is 1. The Morgan fingerprint density at radius 3 is 2.77 bits per heavy atom. The second-order valence-electron chi connectivity index (χ2n) is 5.23. The van der Waals surface area contributed by atoms with E-state index in [2.05, 4.69) is 20.6 Å². The van der Waals surface area contributed by atoms with Gasteiger partial charge in [0.25, 0.3) is 0 Å². The topological polar surface area (TPSA) is 58.5 Å². The molecule has 0 saturated heterocycles. The first-order valence-electron chi connectivity index (χ1n) is 8.10. The van der Waals surface area contributed by atoms with E-state index in [0.717, 1.165) is 30.1 Å². The van der Waals surface area contributed by atoms with Gasteiger partial charge in [0.2, 0.25) is 0 Å². The first kappa shape index (κ1) is 22.6. The Labute approximate surface area is 173 Å². The predicted octanol–water partition coefficient (Wildman–Crippen LogP) is 3.52. The number of hydrogen-bond donors (Lipinski definition) is 2. The van der Waals surface area contributed by atoms with Crippen molar-refractivity contribution in [1.82, 2.24) is 15.6 Å². The van der Waals surface area contributed by atoms with Crippen LogP contribution in [0, 0.1) is 18.6 Å². The zero-order valence-electron chi connectivity index (χ0n) is 14.7. The standard InChI is InChI=1S/C17H22F2N4OS.HI/c1-3-20-17(21-7-6-16-23-11-12(2)25-16)22-8-9-24-15-5-4-13(18)10-14(15)19;/h4-5,10-11H,3,6-9H2,1-2H3,(H2,20,21,22);1H. The van der Waals surface area contributed by atoms with Crippen LogP contribution in [0.1, 0.15) is 16.8 Å². The second-order valence-corrected chi connectivity index (χ2v) is 6.54. The molecule has 1 heterocycles. The molecule has 5 nitrogen and oxygen atoms in total. The average molecular weight is 496 g/mol.